The molecule has 0 saturated heterocycles. The first kappa shape index (κ1) is 10.2. The summed E-state index contributed by atoms with van der Waals surface area (Å²) in [5.41, 5.74) is 1.36. The molecule has 2 nitrogen and oxygen atoms in total. The summed E-state index contributed by atoms with van der Waals surface area (Å²) in [5, 5.41) is 3.05. The number of carbonyl (C=O) groups excluding carboxylic acids is 1. The first-order valence-electron chi connectivity index (χ1n) is 5.59. The summed E-state index contributed by atoms with van der Waals surface area (Å²) >= 11 is 0. The highest BCUT2D eigenvalue weighted by Gasteiger charge is 2.28. The third kappa shape index (κ3) is 2.38. The van der Waals surface area contributed by atoms with Gasteiger partial charge in [-0.3, -0.25) is 4.79 Å². The highest BCUT2D eigenvalue weighted by molar-refractivity contribution is 5.73. The monoisotopic (exact) mass is 203 g/mol. The van der Waals surface area contributed by atoms with Gasteiger partial charge < -0.3 is 5.32 Å². The summed E-state index contributed by atoms with van der Waals surface area (Å²) in [6, 6.07) is 10.8. The summed E-state index contributed by atoms with van der Waals surface area (Å²) in [7, 11) is 0. The predicted octanol–water partition coefficient (Wildman–Crippen LogP) is 2.46. The van der Waals surface area contributed by atoms with Crippen LogP contribution < -0.4 is 5.32 Å². The summed E-state index contributed by atoms with van der Waals surface area (Å²) in [4.78, 5) is 11.1. The van der Waals surface area contributed by atoms with E-state index in [2.05, 4.69) is 29.6 Å². The molecule has 0 radical (unpaired) electrons. The zero-order chi connectivity index (χ0) is 10.7. The zero-order valence-electron chi connectivity index (χ0n) is 9.07. The molecule has 1 aromatic rings. The lowest BCUT2D eigenvalue weighted by Gasteiger charge is -2.20. The molecule has 0 aliphatic heterocycles. The summed E-state index contributed by atoms with van der Waals surface area (Å²) in [6.07, 6.45) is 3.51. The fourth-order valence-corrected chi connectivity index (χ4v) is 2.49. The highest BCUT2D eigenvalue weighted by atomic mass is 16.1. The number of carbonyl (C=O) groups is 1. The fourth-order valence-electron chi connectivity index (χ4n) is 2.49. The molecule has 2 atom stereocenters. The van der Waals surface area contributed by atoms with Crippen LogP contribution in [0.3, 0.4) is 0 Å². The van der Waals surface area contributed by atoms with E-state index in [1.807, 2.05) is 6.07 Å². The highest BCUT2D eigenvalue weighted by Crippen LogP contribution is 2.34. The Morgan fingerprint density at radius 2 is 2.00 bits per heavy atom. The first-order chi connectivity index (χ1) is 7.27. The van der Waals surface area contributed by atoms with E-state index in [9.17, 15) is 4.79 Å². The first-order valence-corrected chi connectivity index (χ1v) is 5.59. The Labute approximate surface area is 90.7 Å². The van der Waals surface area contributed by atoms with Gasteiger partial charge in [-0.05, 0) is 18.4 Å². The van der Waals surface area contributed by atoms with Gasteiger partial charge in [0.05, 0.1) is 0 Å². The van der Waals surface area contributed by atoms with Crippen molar-refractivity contribution in [2.45, 2.75) is 38.1 Å². The largest absolute Gasteiger partial charge is 0.353 e. The van der Waals surface area contributed by atoms with E-state index in [1.54, 1.807) is 6.92 Å². The standard InChI is InChI=1S/C13H17NO/c1-10(15)14-13-9-5-8-12(13)11-6-3-2-4-7-11/h2-4,6-7,12-13H,5,8-9H2,1H3,(H,14,15)/t12-,13-/m1/s1. The minimum atomic E-state index is 0.0860. The Hall–Kier alpha value is -1.31. The minimum absolute atomic E-state index is 0.0860. The van der Waals surface area contributed by atoms with E-state index in [0.717, 1.165) is 6.42 Å². The SMILES string of the molecule is CC(=O)N[C@@H]1CCC[C@@H]1c1ccccc1. The molecule has 1 amide bonds. The number of hydrogen-bond acceptors (Lipinski definition) is 1. The van der Waals surface area contributed by atoms with Gasteiger partial charge >= 0.3 is 0 Å². The van der Waals surface area contributed by atoms with Crippen molar-refractivity contribution >= 4 is 5.91 Å². The maximum atomic E-state index is 11.1. The van der Waals surface area contributed by atoms with Gasteiger partial charge in [-0.2, -0.15) is 0 Å². The van der Waals surface area contributed by atoms with Crippen molar-refractivity contribution in [1.82, 2.24) is 5.32 Å². The Morgan fingerprint density at radius 1 is 1.27 bits per heavy atom. The average molecular weight is 203 g/mol. The van der Waals surface area contributed by atoms with Crippen molar-refractivity contribution < 1.29 is 4.79 Å². The van der Waals surface area contributed by atoms with Crippen molar-refractivity contribution in [3.63, 3.8) is 0 Å². The Kier molecular flexibility index (Phi) is 3.05. The minimum Gasteiger partial charge on any atom is -0.353 e. The van der Waals surface area contributed by atoms with Crippen molar-refractivity contribution in [2.75, 3.05) is 0 Å². The molecule has 0 aromatic heterocycles. The lowest BCUT2D eigenvalue weighted by molar-refractivity contribution is -0.119. The van der Waals surface area contributed by atoms with Crippen LogP contribution in [-0.2, 0) is 4.79 Å². The average Bonchev–Trinajstić information content (AvgIpc) is 2.66. The van der Waals surface area contributed by atoms with Gasteiger partial charge in [0, 0.05) is 18.9 Å². The molecule has 80 valence electrons. The third-order valence-electron chi connectivity index (χ3n) is 3.13. The fraction of sp³-hybridized carbons (Fsp3) is 0.462. The molecule has 1 aliphatic carbocycles. The van der Waals surface area contributed by atoms with E-state index in [-0.39, 0.29) is 5.91 Å². The number of nitrogens with one attached hydrogen (secondary N) is 1. The van der Waals surface area contributed by atoms with Gasteiger partial charge in [-0.1, -0.05) is 36.8 Å². The Balaban J connectivity index is 2.11. The maximum absolute atomic E-state index is 11.1. The van der Waals surface area contributed by atoms with E-state index < -0.39 is 0 Å². The molecule has 0 unspecified atom stereocenters. The molecule has 2 rings (SSSR count). The van der Waals surface area contributed by atoms with E-state index in [1.165, 1.54) is 18.4 Å². The van der Waals surface area contributed by atoms with Crippen LogP contribution in [0.2, 0.25) is 0 Å². The normalized spacial score (nSPS) is 25.1. The molecule has 0 bridgehead atoms. The second-order valence-electron chi connectivity index (χ2n) is 4.26. The molecule has 1 N–H and O–H groups in total. The quantitative estimate of drug-likeness (QED) is 0.786. The lowest BCUT2D eigenvalue weighted by Crippen LogP contribution is -2.34. The van der Waals surface area contributed by atoms with Gasteiger partial charge in [-0.15, -0.1) is 0 Å². The topological polar surface area (TPSA) is 29.1 Å². The van der Waals surface area contributed by atoms with E-state index in [4.69, 9.17) is 0 Å². The van der Waals surface area contributed by atoms with Gasteiger partial charge in [-0.25, -0.2) is 0 Å². The summed E-state index contributed by atoms with van der Waals surface area (Å²) in [6.45, 7) is 1.60. The van der Waals surface area contributed by atoms with Crippen molar-refractivity contribution in [3.05, 3.63) is 35.9 Å². The third-order valence-corrected chi connectivity index (χ3v) is 3.13. The van der Waals surface area contributed by atoms with Crippen molar-refractivity contribution in [3.8, 4) is 0 Å². The van der Waals surface area contributed by atoms with Crippen LogP contribution >= 0.6 is 0 Å². The lowest BCUT2D eigenvalue weighted by atomic mass is 9.94. The maximum Gasteiger partial charge on any atom is 0.217 e. The van der Waals surface area contributed by atoms with Crippen molar-refractivity contribution in [1.29, 1.82) is 0 Å². The molecule has 2 heteroatoms. The van der Waals surface area contributed by atoms with Gasteiger partial charge in [0.1, 0.15) is 0 Å². The molecule has 1 aromatic carbocycles. The predicted molar refractivity (Wildman–Crippen MR) is 60.6 cm³/mol. The van der Waals surface area contributed by atoms with Crippen LogP contribution in [0.15, 0.2) is 30.3 Å². The zero-order valence-corrected chi connectivity index (χ0v) is 9.07. The Bertz CT molecular complexity index is 334. The number of amides is 1. The Morgan fingerprint density at radius 3 is 2.67 bits per heavy atom. The second-order valence-corrected chi connectivity index (χ2v) is 4.26. The number of rotatable bonds is 2. The molecule has 15 heavy (non-hydrogen) atoms. The van der Waals surface area contributed by atoms with Crippen LogP contribution in [0.25, 0.3) is 0 Å². The van der Waals surface area contributed by atoms with Crippen molar-refractivity contribution in [2.24, 2.45) is 0 Å². The molecule has 1 aliphatic rings. The molecule has 1 fully saturated rings. The van der Waals surface area contributed by atoms with E-state index in [0.29, 0.717) is 12.0 Å². The van der Waals surface area contributed by atoms with Crippen LogP contribution in [0.4, 0.5) is 0 Å². The van der Waals surface area contributed by atoms with Gasteiger partial charge in [0.2, 0.25) is 5.91 Å². The number of benzene rings is 1. The molecular formula is C13H17NO. The molecule has 0 spiro atoms. The second kappa shape index (κ2) is 4.47. The van der Waals surface area contributed by atoms with Crippen LogP contribution in [0.5, 0.6) is 0 Å². The van der Waals surface area contributed by atoms with Crippen LogP contribution in [0.1, 0.15) is 37.7 Å². The van der Waals surface area contributed by atoms with E-state index >= 15 is 0 Å². The van der Waals surface area contributed by atoms with Gasteiger partial charge in [0.15, 0.2) is 0 Å². The smallest absolute Gasteiger partial charge is 0.217 e. The molecule has 0 heterocycles. The van der Waals surface area contributed by atoms with Crippen LogP contribution in [-0.4, -0.2) is 11.9 Å². The number of hydrogen-bond donors (Lipinski definition) is 1. The molecular weight excluding hydrogens is 186 g/mol. The summed E-state index contributed by atoms with van der Waals surface area (Å²) in [5.74, 6) is 0.595. The van der Waals surface area contributed by atoms with Gasteiger partial charge in [0.25, 0.3) is 0 Å². The summed E-state index contributed by atoms with van der Waals surface area (Å²) < 4.78 is 0. The molecule has 1 saturated carbocycles. The van der Waals surface area contributed by atoms with Crippen LogP contribution in [0, 0.1) is 0 Å².